The molecule has 0 fully saturated rings. The van der Waals surface area contributed by atoms with E-state index in [2.05, 4.69) is 10.6 Å². The van der Waals surface area contributed by atoms with Crippen LogP contribution in [0.3, 0.4) is 0 Å². The van der Waals surface area contributed by atoms with E-state index in [0.717, 1.165) is 0 Å². The molecule has 0 aliphatic heterocycles. The van der Waals surface area contributed by atoms with Crippen molar-refractivity contribution in [3.63, 3.8) is 0 Å². The zero-order valence-electron chi connectivity index (χ0n) is 23.9. The van der Waals surface area contributed by atoms with Crippen LogP contribution in [0.5, 0.6) is 0 Å². The number of benzene rings is 6. The Morgan fingerprint density at radius 3 is 1.70 bits per heavy atom. The molecule has 0 aliphatic rings. The molecule has 0 saturated heterocycles. The summed E-state index contributed by atoms with van der Waals surface area (Å²) in [5, 5.41) is 7.00. The summed E-state index contributed by atoms with van der Waals surface area (Å²) in [5.74, 6) is 0. The summed E-state index contributed by atoms with van der Waals surface area (Å²) in [4.78, 5) is 4.15. The van der Waals surface area contributed by atoms with Crippen LogP contribution in [0.2, 0.25) is 0 Å². The van der Waals surface area contributed by atoms with Crippen molar-refractivity contribution in [1.29, 1.82) is 0 Å². The van der Waals surface area contributed by atoms with Gasteiger partial charge in [-0.25, -0.2) is 4.98 Å². The number of hydrogen-bond acceptors (Lipinski definition) is 7. The molecule has 0 spiro atoms. The molecular formula is C34H25N4O6S2+. The molecule has 10 nitrogen and oxygen atoms in total. The number of para-hydroxylation sites is 3. The fraction of sp³-hybridized carbons (Fsp3) is 0. The molecule has 7 aromatic rings. The summed E-state index contributed by atoms with van der Waals surface area (Å²) < 4.78 is 73.0. The molecule has 0 aliphatic carbocycles. The number of aromatic nitrogens is 2. The van der Waals surface area contributed by atoms with Gasteiger partial charge in [-0.2, -0.15) is 16.8 Å². The van der Waals surface area contributed by atoms with E-state index in [1.54, 1.807) is 42.5 Å². The minimum Gasteiger partial charge on any atom is -0.355 e. The average molecular weight is 650 g/mol. The fourth-order valence-corrected chi connectivity index (χ4v) is 7.00. The van der Waals surface area contributed by atoms with Crippen LogP contribution in [0.25, 0.3) is 38.5 Å². The van der Waals surface area contributed by atoms with Gasteiger partial charge in [-0.3, -0.25) is 9.11 Å². The molecule has 0 saturated carbocycles. The summed E-state index contributed by atoms with van der Waals surface area (Å²) >= 11 is 0. The molecule has 46 heavy (non-hydrogen) atoms. The third kappa shape index (κ3) is 5.39. The number of rotatable bonds is 7. The summed E-state index contributed by atoms with van der Waals surface area (Å²) in [7, 11) is -9.39. The van der Waals surface area contributed by atoms with Crippen molar-refractivity contribution in [2.75, 3.05) is 10.6 Å². The van der Waals surface area contributed by atoms with Crippen molar-refractivity contribution >= 4 is 75.8 Å². The van der Waals surface area contributed by atoms with E-state index < -0.39 is 20.2 Å². The molecule has 0 amide bonds. The summed E-state index contributed by atoms with van der Waals surface area (Å²) in [6.07, 6.45) is 0. The quantitative estimate of drug-likeness (QED) is 0.0633. The molecule has 228 valence electrons. The Morgan fingerprint density at radius 1 is 0.565 bits per heavy atom. The lowest BCUT2D eigenvalue weighted by molar-refractivity contribution is -0.538. The third-order valence-corrected chi connectivity index (χ3v) is 9.33. The first-order valence-corrected chi connectivity index (χ1v) is 16.9. The van der Waals surface area contributed by atoms with Gasteiger partial charge in [0.2, 0.25) is 16.7 Å². The highest BCUT2D eigenvalue weighted by molar-refractivity contribution is 7.86. The van der Waals surface area contributed by atoms with Crippen molar-refractivity contribution in [2.45, 2.75) is 9.79 Å². The zero-order chi connectivity index (χ0) is 32.1. The number of nitrogens with zero attached hydrogens (tertiary/aromatic N) is 2. The van der Waals surface area contributed by atoms with Crippen LogP contribution in [-0.4, -0.2) is 30.9 Å². The van der Waals surface area contributed by atoms with Gasteiger partial charge >= 0.3 is 0 Å². The highest BCUT2D eigenvalue weighted by atomic mass is 32.2. The second-order valence-corrected chi connectivity index (χ2v) is 13.3. The maximum atomic E-state index is 12.7. The first-order chi connectivity index (χ1) is 22.1. The van der Waals surface area contributed by atoms with Crippen molar-refractivity contribution in [2.24, 2.45) is 0 Å². The van der Waals surface area contributed by atoms with Gasteiger partial charge in [-0.1, -0.05) is 66.7 Å². The molecule has 7 rings (SSSR count). The lowest BCUT2D eigenvalue weighted by Gasteiger charge is -2.16. The number of nitrogens with one attached hydrogen (secondary N) is 2. The second-order valence-electron chi connectivity index (χ2n) is 10.5. The van der Waals surface area contributed by atoms with Gasteiger partial charge in [0.1, 0.15) is 20.8 Å². The summed E-state index contributed by atoms with van der Waals surface area (Å²) in [6.45, 7) is 0. The molecule has 0 radical (unpaired) electrons. The Kier molecular flexibility index (Phi) is 7.13. The molecule has 12 heteroatoms. The molecule has 0 unspecified atom stereocenters. The fourth-order valence-electron chi connectivity index (χ4n) is 5.62. The molecule has 1 heterocycles. The lowest BCUT2D eigenvalue weighted by atomic mass is 10.0. The maximum absolute atomic E-state index is 12.7. The second kappa shape index (κ2) is 11.2. The third-order valence-electron chi connectivity index (χ3n) is 7.54. The normalized spacial score (nSPS) is 12.0. The largest absolute Gasteiger partial charge is 0.355 e. The Hall–Kier alpha value is -5.40. The Bertz CT molecular complexity index is 2510. The van der Waals surface area contributed by atoms with Crippen molar-refractivity contribution < 1.29 is 30.5 Å². The summed E-state index contributed by atoms with van der Waals surface area (Å²) in [5.41, 5.74) is 4.12. The van der Waals surface area contributed by atoms with Crippen LogP contribution < -0.4 is 15.2 Å². The van der Waals surface area contributed by atoms with Gasteiger partial charge in [-0.15, -0.1) is 4.57 Å². The molecule has 0 bridgehead atoms. The van der Waals surface area contributed by atoms with E-state index in [1.807, 2.05) is 71.3 Å². The standard InChI is InChI=1S/C34H24N4O6S2/c39-45(40,41)31-18-10-17-25-33(31)28(36-23-13-6-2-7-14-23)20-30-34(25)37-26-21-32(46(42,43)44)27(35-22-11-4-1-5-12-22)19-29(26)38(30)24-15-8-3-9-16-24/h1-21H,(H3,35,36,39,40,41,42,43,44)/p+1. The van der Waals surface area contributed by atoms with Crippen molar-refractivity contribution in [3.05, 3.63) is 127 Å². The van der Waals surface area contributed by atoms with Gasteiger partial charge in [0.05, 0.1) is 11.4 Å². The SMILES string of the molecule is O=S(=O)(O)c1cc2nc3c4cccc(S(=O)(=O)O)c4c(Nc4ccccc4)cc3[n+](-c3ccccc3)c2cc1Nc1ccccc1. The van der Waals surface area contributed by atoms with E-state index in [4.69, 9.17) is 4.98 Å². The van der Waals surface area contributed by atoms with Crippen LogP contribution in [0.4, 0.5) is 22.7 Å². The monoisotopic (exact) mass is 649 g/mol. The lowest BCUT2D eigenvalue weighted by Crippen LogP contribution is -2.33. The van der Waals surface area contributed by atoms with Crippen LogP contribution in [0, 0.1) is 0 Å². The van der Waals surface area contributed by atoms with E-state index in [0.29, 0.717) is 44.7 Å². The van der Waals surface area contributed by atoms with E-state index >= 15 is 0 Å². The van der Waals surface area contributed by atoms with Gasteiger partial charge in [-0.05, 0) is 36.4 Å². The smallest absolute Gasteiger partial charge is 0.296 e. The first kappa shape index (κ1) is 29.3. The predicted octanol–water partition coefficient (Wildman–Crippen LogP) is 6.80. The molecule has 1 aromatic heterocycles. The highest BCUT2D eigenvalue weighted by Crippen LogP contribution is 2.38. The minimum atomic E-state index is -4.72. The molecular weight excluding hydrogens is 625 g/mol. The van der Waals surface area contributed by atoms with Crippen LogP contribution >= 0.6 is 0 Å². The van der Waals surface area contributed by atoms with E-state index in [1.165, 1.54) is 18.2 Å². The Morgan fingerprint density at radius 2 is 1.11 bits per heavy atom. The van der Waals surface area contributed by atoms with Crippen molar-refractivity contribution in [3.8, 4) is 5.69 Å². The van der Waals surface area contributed by atoms with Gasteiger partial charge in [0.15, 0.2) is 0 Å². The van der Waals surface area contributed by atoms with Gasteiger partial charge in [0.25, 0.3) is 20.2 Å². The maximum Gasteiger partial charge on any atom is 0.296 e. The van der Waals surface area contributed by atoms with E-state index in [-0.39, 0.29) is 26.4 Å². The molecule has 0 atom stereocenters. The van der Waals surface area contributed by atoms with Crippen LogP contribution in [-0.2, 0) is 20.2 Å². The van der Waals surface area contributed by atoms with Crippen molar-refractivity contribution in [1.82, 2.24) is 4.98 Å². The first-order valence-electron chi connectivity index (χ1n) is 14.0. The highest BCUT2D eigenvalue weighted by Gasteiger charge is 2.28. The molecule has 6 aromatic carbocycles. The number of anilines is 4. The zero-order valence-corrected chi connectivity index (χ0v) is 25.5. The minimum absolute atomic E-state index is 0.129. The number of fused-ring (bicyclic) bond motifs is 4. The number of hydrogen-bond donors (Lipinski definition) is 4. The van der Waals surface area contributed by atoms with Gasteiger partial charge in [0, 0.05) is 46.4 Å². The van der Waals surface area contributed by atoms with Gasteiger partial charge < -0.3 is 10.6 Å². The Labute approximate surface area is 264 Å². The Balaban J connectivity index is 1.65. The van der Waals surface area contributed by atoms with Crippen LogP contribution in [0.1, 0.15) is 0 Å². The van der Waals surface area contributed by atoms with E-state index in [9.17, 15) is 25.9 Å². The summed E-state index contributed by atoms with van der Waals surface area (Å²) in [6, 6.07) is 36.6. The predicted molar refractivity (Wildman–Crippen MR) is 177 cm³/mol. The van der Waals surface area contributed by atoms with Crippen LogP contribution in [0.15, 0.2) is 137 Å². The average Bonchev–Trinajstić information content (AvgIpc) is 3.04. The topological polar surface area (TPSA) is 150 Å². The molecule has 4 N–H and O–H groups in total.